The maximum absolute atomic E-state index is 12.3. The summed E-state index contributed by atoms with van der Waals surface area (Å²) in [5.74, 6) is 2.12. The molecule has 0 spiro atoms. The molecule has 0 amide bonds. The van der Waals surface area contributed by atoms with Gasteiger partial charge in [-0.1, -0.05) is 6.42 Å². The van der Waals surface area contributed by atoms with Gasteiger partial charge in [0, 0.05) is 23.4 Å². The Morgan fingerprint density at radius 1 is 1.31 bits per heavy atom. The van der Waals surface area contributed by atoms with Crippen LogP contribution in [0.1, 0.15) is 41.7 Å². The molecule has 2 saturated carbocycles. The summed E-state index contributed by atoms with van der Waals surface area (Å²) in [6.45, 7) is 1.95. The number of hydrogen-bond donors (Lipinski definition) is 0. The molecule has 1 aromatic rings. The zero-order valence-corrected chi connectivity index (χ0v) is 9.65. The SMILES string of the molecule is Cc1ccc(C(=O)C2CC3CCC2C3)cn1. The van der Waals surface area contributed by atoms with E-state index in [1.165, 1.54) is 19.3 Å². The topological polar surface area (TPSA) is 30.0 Å². The Balaban J connectivity index is 1.80. The van der Waals surface area contributed by atoms with Crippen molar-refractivity contribution in [2.24, 2.45) is 17.8 Å². The van der Waals surface area contributed by atoms with Gasteiger partial charge >= 0.3 is 0 Å². The van der Waals surface area contributed by atoms with Gasteiger partial charge in [-0.2, -0.15) is 0 Å². The highest BCUT2D eigenvalue weighted by Gasteiger charge is 2.43. The first-order valence-corrected chi connectivity index (χ1v) is 6.21. The van der Waals surface area contributed by atoms with Crippen LogP contribution in [0, 0.1) is 24.7 Å². The number of aromatic nitrogens is 1. The van der Waals surface area contributed by atoms with E-state index in [0.717, 1.165) is 23.6 Å². The molecule has 2 heteroatoms. The van der Waals surface area contributed by atoms with Crippen molar-refractivity contribution in [1.29, 1.82) is 0 Å². The molecule has 2 aliphatic carbocycles. The van der Waals surface area contributed by atoms with Crippen LogP contribution in [0.2, 0.25) is 0 Å². The molecule has 0 aliphatic heterocycles. The zero-order valence-electron chi connectivity index (χ0n) is 9.65. The normalized spacial score (nSPS) is 31.9. The second-order valence-corrected chi connectivity index (χ2v) is 5.33. The highest BCUT2D eigenvalue weighted by atomic mass is 16.1. The van der Waals surface area contributed by atoms with E-state index >= 15 is 0 Å². The van der Waals surface area contributed by atoms with Crippen molar-refractivity contribution in [2.75, 3.05) is 0 Å². The van der Waals surface area contributed by atoms with Crippen LogP contribution in [0.5, 0.6) is 0 Å². The molecule has 1 aromatic heterocycles. The molecule has 2 nitrogen and oxygen atoms in total. The van der Waals surface area contributed by atoms with Gasteiger partial charge in [-0.15, -0.1) is 0 Å². The van der Waals surface area contributed by atoms with Crippen LogP contribution < -0.4 is 0 Å². The molecule has 16 heavy (non-hydrogen) atoms. The summed E-state index contributed by atoms with van der Waals surface area (Å²) in [6, 6.07) is 3.86. The predicted molar refractivity (Wildman–Crippen MR) is 62.2 cm³/mol. The van der Waals surface area contributed by atoms with Crippen molar-refractivity contribution in [2.45, 2.75) is 32.6 Å². The first-order valence-electron chi connectivity index (χ1n) is 6.21. The minimum Gasteiger partial charge on any atom is -0.294 e. The summed E-state index contributed by atoms with van der Waals surface area (Å²) in [7, 11) is 0. The van der Waals surface area contributed by atoms with Gasteiger partial charge in [0.2, 0.25) is 0 Å². The number of carbonyl (C=O) groups is 1. The first-order chi connectivity index (χ1) is 7.74. The van der Waals surface area contributed by atoms with E-state index in [4.69, 9.17) is 0 Å². The van der Waals surface area contributed by atoms with Crippen LogP contribution in [0.25, 0.3) is 0 Å². The average Bonchev–Trinajstić information content (AvgIpc) is 2.91. The molecular formula is C14H17NO. The van der Waals surface area contributed by atoms with Crippen LogP contribution in [0.4, 0.5) is 0 Å². The molecule has 0 saturated heterocycles. The third-order valence-electron chi connectivity index (χ3n) is 4.27. The lowest BCUT2D eigenvalue weighted by Crippen LogP contribution is -2.21. The number of aryl methyl sites for hydroxylation is 1. The maximum Gasteiger partial charge on any atom is 0.167 e. The summed E-state index contributed by atoms with van der Waals surface area (Å²) in [5, 5.41) is 0. The van der Waals surface area contributed by atoms with Crippen molar-refractivity contribution in [1.82, 2.24) is 4.98 Å². The van der Waals surface area contributed by atoms with E-state index in [0.29, 0.717) is 17.6 Å². The number of pyridine rings is 1. The molecule has 0 radical (unpaired) electrons. The van der Waals surface area contributed by atoms with Crippen LogP contribution in [0.15, 0.2) is 18.3 Å². The Kier molecular flexibility index (Phi) is 2.31. The smallest absolute Gasteiger partial charge is 0.167 e. The molecule has 84 valence electrons. The fourth-order valence-electron chi connectivity index (χ4n) is 3.39. The molecule has 2 fully saturated rings. The van der Waals surface area contributed by atoms with Gasteiger partial charge in [0.1, 0.15) is 0 Å². The fraction of sp³-hybridized carbons (Fsp3) is 0.571. The summed E-state index contributed by atoms with van der Waals surface area (Å²) >= 11 is 0. The number of fused-ring (bicyclic) bond motifs is 2. The number of ketones is 1. The van der Waals surface area contributed by atoms with Gasteiger partial charge < -0.3 is 0 Å². The van der Waals surface area contributed by atoms with Crippen LogP contribution in [-0.2, 0) is 0 Å². The number of carbonyl (C=O) groups excluding carboxylic acids is 1. The van der Waals surface area contributed by atoms with Gasteiger partial charge in [0.15, 0.2) is 5.78 Å². The number of Topliss-reactive ketones (excluding diaryl/α,β-unsaturated/α-hetero) is 1. The average molecular weight is 215 g/mol. The molecular weight excluding hydrogens is 198 g/mol. The van der Waals surface area contributed by atoms with E-state index in [9.17, 15) is 4.79 Å². The van der Waals surface area contributed by atoms with Crippen molar-refractivity contribution >= 4 is 5.78 Å². The molecule has 0 N–H and O–H groups in total. The Bertz CT molecular complexity index is 409. The van der Waals surface area contributed by atoms with Crippen LogP contribution >= 0.6 is 0 Å². The minimum atomic E-state index is 0.295. The molecule has 3 unspecified atom stereocenters. The van der Waals surface area contributed by atoms with Gasteiger partial charge in [0.05, 0.1) is 0 Å². The summed E-state index contributed by atoms with van der Waals surface area (Å²) in [5.41, 5.74) is 1.78. The van der Waals surface area contributed by atoms with E-state index in [-0.39, 0.29) is 0 Å². The number of rotatable bonds is 2. The van der Waals surface area contributed by atoms with E-state index in [1.807, 2.05) is 19.1 Å². The molecule has 1 heterocycles. The van der Waals surface area contributed by atoms with Crippen molar-refractivity contribution in [3.8, 4) is 0 Å². The lowest BCUT2D eigenvalue weighted by atomic mass is 9.83. The summed E-state index contributed by atoms with van der Waals surface area (Å²) < 4.78 is 0. The molecule has 2 aliphatic rings. The van der Waals surface area contributed by atoms with Crippen molar-refractivity contribution < 1.29 is 4.79 Å². The minimum absolute atomic E-state index is 0.295. The Morgan fingerprint density at radius 3 is 2.75 bits per heavy atom. The molecule has 0 aromatic carbocycles. The van der Waals surface area contributed by atoms with E-state index in [1.54, 1.807) is 6.20 Å². The van der Waals surface area contributed by atoms with Crippen molar-refractivity contribution in [3.05, 3.63) is 29.6 Å². The lowest BCUT2D eigenvalue weighted by Gasteiger charge is -2.20. The third-order valence-corrected chi connectivity index (χ3v) is 4.27. The molecule has 2 bridgehead atoms. The van der Waals surface area contributed by atoms with E-state index in [2.05, 4.69) is 4.98 Å². The second-order valence-electron chi connectivity index (χ2n) is 5.33. The standard InChI is InChI=1S/C14H17NO/c1-9-2-4-12(8-15-9)14(16)13-7-10-3-5-11(13)6-10/h2,4,8,10-11,13H,3,5-7H2,1H3. The first kappa shape index (κ1) is 10.0. The van der Waals surface area contributed by atoms with Gasteiger partial charge in [-0.25, -0.2) is 0 Å². The number of hydrogen-bond acceptors (Lipinski definition) is 2. The Hall–Kier alpha value is -1.18. The quantitative estimate of drug-likeness (QED) is 0.710. The highest BCUT2D eigenvalue weighted by Crippen LogP contribution is 2.49. The van der Waals surface area contributed by atoms with Crippen LogP contribution in [0.3, 0.4) is 0 Å². The van der Waals surface area contributed by atoms with E-state index < -0.39 is 0 Å². The monoisotopic (exact) mass is 215 g/mol. The summed E-state index contributed by atoms with van der Waals surface area (Å²) in [6.07, 6.45) is 6.76. The van der Waals surface area contributed by atoms with Gasteiger partial charge in [-0.3, -0.25) is 9.78 Å². The highest BCUT2D eigenvalue weighted by molar-refractivity contribution is 5.98. The van der Waals surface area contributed by atoms with Crippen LogP contribution in [-0.4, -0.2) is 10.8 Å². The molecule has 3 atom stereocenters. The predicted octanol–water partition coefficient (Wildman–Crippen LogP) is 3.01. The Labute approximate surface area is 96.1 Å². The summed E-state index contributed by atoms with van der Waals surface area (Å²) in [4.78, 5) is 16.5. The maximum atomic E-state index is 12.3. The lowest BCUT2D eigenvalue weighted by molar-refractivity contribution is 0.0874. The van der Waals surface area contributed by atoms with Gasteiger partial charge in [0.25, 0.3) is 0 Å². The Morgan fingerprint density at radius 2 is 2.19 bits per heavy atom. The van der Waals surface area contributed by atoms with Crippen molar-refractivity contribution in [3.63, 3.8) is 0 Å². The number of nitrogens with zero attached hydrogens (tertiary/aromatic N) is 1. The molecule has 3 rings (SSSR count). The fourth-order valence-corrected chi connectivity index (χ4v) is 3.39. The third kappa shape index (κ3) is 1.57. The second kappa shape index (κ2) is 3.69. The zero-order chi connectivity index (χ0) is 11.1. The largest absolute Gasteiger partial charge is 0.294 e. The van der Waals surface area contributed by atoms with Gasteiger partial charge in [-0.05, 0) is 50.2 Å².